The zero-order chi connectivity index (χ0) is 21.8. The monoisotopic (exact) mass is 426 g/mol. The van der Waals surface area contributed by atoms with Crippen LogP contribution in [0.3, 0.4) is 0 Å². The van der Waals surface area contributed by atoms with Crippen LogP contribution in [-0.4, -0.2) is 65.5 Å². The lowest BCUT2D eigenvalue weighted by Gasteiger charge is -2.38. The fourth-order valence-corrected chi connectivity index (χ4v) is 3.70. The Morgan fingerprint density at radius 1 is 1.13 bits per heavy atom. The molecule has 1 aromatic carbocycles. The Balaban J connectivity index is 1.56. The third-order valence-electron chi connectivity index (χ3n) is 5.26. The molecule has 0 radical (unpaired) electrons. The molecule has 1 N–H and O–H groups in total. The van der Waals surface area contributed by atoms with Crippen molar-refractivity contribution in [3.05, 3.63) is 54.1 Å². The van der Waals surface area contributed by atoms with Gasteiger partial charge in [0, 0.05) is 38.6 Å². The normalized spacial score (nSPS) is 21.4. The van der Waals surface area contributed by atoms with Gasteiger partial charge in [-0.25, -0.2) is 19.4 Å². The van der Waals surface area contributed by atoms with Gasteiger partial charge in [0.2, 0.25) is 17.8 Å². The highest BCUT2D eigenvalue weighted by Crippen LogP contribution is 2.31. The molecule has 2 unspecified atom stereocenters. The Hall–Kier alpha value is -3.56. The van der Waals surface area contributed by atoms with Crippen molar-refractivity contribution < 1.29 is 18.7 Å². The van der Waals surface area contributed by atoms with Gasteiger partial charge >= 0.3 is 5.97 Å². The molecule has 2 aliphatic heterocycles. The van der Waals surface area contributed by atoms with Crippen molar-refractivity contribution in [1.29, 1.82) is 0 Å². The lowest BCUT2D eigenvalue weighted by Crippen LogP contribution is -2.57. The molecule has 2 aromatic rings. The van der Waals surface area contributed by atoms with Gasteiger partial charge in [-0.1, -0.05) is 12.1 Å². The molecule has 0 bridgehead atoms. The minimum absolute atomic E-state index is 0.152. The average molecular weight is 426 g/mol. The molecular formula is C21H23FN6O3. The first kappa shape index (κ1) is 20.7. The van der Waals surface area contributed by atoms with Crippen LogP contribution in [0, 0.1) is 11.7 Å². The fraction of sp³-hybridized carbons (Fsp3) is 0.381. The van der Waals surface area contributed by atoms with Crippen LogP contribution < -0.4 is 10.2 Å². The Morgan fingerprint density at radius 3 is 2.42 bits per heavy atom. The summed E-state index contributed by atoms with van der Waals surface area (Å²) in [5, 5.41) is 2.75. The van der Waals surface area contributed by atoms with Gasteiger partial charge in [0.25, 0.3) is 0 Å². The molecule has 0 aliphatic carbocycles. The summed E-state index contributed by atoms with van der Waals surface area (Å²) in [6, 6.07) is 6.63. The van der Waals surface area contributed by atoms with Crippen LogP contribution in [0.5, 0.6) is 0 Å². The minimum Gasteiger partial charge on any atom is -0.465 e. The number of ether oxygens (including phenoxy) is 1. The van der Waals surface area contributed by atoms with Gasteiger partial charge < -0.3 is 14.5 Å². The number of guanidine groups is 1. The molecule has 162 valence electrons. The van der Waals surface area contributed by atoms with Crippen LogP contribution in [0.15, 0.2) is 47.7 Å². The van der Waals surface area contributed by atoms with E-state index in [2.05, 4.69) is 25.2 Å². The number of nitrogens with zero attached hydrogens (tertiary/aromatic N) is 5. The molecule has 9 nitrogen and oxygen atoms in total. The summed E-state index contributed by atoms with van der Waals surface area (Å²) in [5.41, 5.74) is 0.572. The number of anilines is 1. The largest absolute Gasteiger partial charge is 0.465 e. The minimum atomic E-state index is -1.13. The van der Waals surface area contributed by atoms with E-state index in [9.17, 15) is 14.0 Å². The smallest absolute Gasteiger partial charge is 0.321 e. The van der Waals surface area contributed by atoms with Crippen LogP contribution in [0.4, 0.5) is 10.3 Å². The van der Waals surface area contributed by atoms with Crippen LogP contribution >= 0.6 is 0 Å². The number of hydrogen-bond donors (Lipinski definition) is 1. The molecule has 2 aliphatic rings. The van der Waals surface area contributed by atoms with Gasteiger partial charge in [0.1, 0.15) is 11.9 Å². The third-order valence-corrected chi connectivity index (χ3v) is 5.26. The molecule has 2 atom stereocenters. The van der Waals surface area contributed by atoms with E-state index in [-0.39, 0.29) is 6.61 Å². The number of carbonyl (C=O) groups excluding carboxylic acids is 2. The first-order valence-corrected chi connectivity index (χ1v) is 10.1. The maximum atomic E-state index is 13.4. The molecule has 4 rings (SSSR count). The van der Waals surface area contributed by atoms with Gasteiger partial charge in [-0.3, -0.25) is 14.9 Å². The Morgan fingerprint density at radius 2 is 1.77 bits per heavy atom. The first-order valence-electron chi connectivity index (χ1n) is 10.1. The van der Waals surface area contributed by atoms with E-state index >= 15 is 0 Å². The fourth-order valence-electron chi connectivity index (χ4n) is 3.70. The Labute approximate surface area is 178 Å². The van der Waals surface area contributed by atoms with Crippen molar-refractivity contribution in [3.63, 3.8) is 0 Å². The second kappa shape index (κ2) is 9.07. The predicted octanol–water partition coefficient (Wildman–Crippen LogP) is 1.14. The lowest BCUT2D eigenvalue weighted by atomic mass is 9.91. The van der Waals surface area contributed by atoms with E-state index in [0.29, 0.717) is 43.7 Å². The lowest BCUT2D eigenvalue weighted by molar-refractivity contribution is -0.153. The Bertz CT molecular complexity index is 961. The van der Waals surface area contributed by atoms with E-state index in [4.69, 9.17) is 4.74 Å². The van der Waals surface area contributed by atoms with Gasteiger partial charge in [-0.05, 0) is 30.7 Å². The summed E-state index contributed by atoms with van der Waals surface area (Å²) < 4.78 is 18.5. The number of amides is 1. The Kier molecular flexibility index (Phi) is 6.06. The number of carbonyl (C=O) groups is 2. The summed E-state index contributed by atoms with van der Waals surface area (Å²) in [5.74, 6) is -1.61. The van der Waals surface area contributed by atoms with Crippen molar-refractivity contribution in [2.24, 2.45) is 10.9 Å². The van der Waals surface area contributed by atoms with Gasteiger partial charge in [0.05, 0.1) is 6.61 Å². The first-order chi connectivity index (χ1) is 15.1. The summed E-state index contributed by atoms with van der Waals surface area (Å²) >= 11 is 0. The summed E-state index contributed by atoms with van der Waals surface area (Å²) in [7, 11) is 0. The number of benzene rings is 1. The average Bonchev–Trinajstić information content (AvgIpc) is 2.80. The van der Waals surface area contributed by atoms with E-state index < -0.39 is 29.7 Å². The second-order valence-electron chi connectivity index (χ2n) is 7.19. The number of nitrogens with one attached hydrogen (secondary N) is 1. The summed E-state index contributed by atoms with van der Waals surface area (Å²) in [6.07, 6.45) is 3.39. The van der Waals surface area contributed by atoms with Crippen LogP contribution in [0.2, 0.25) is 0 Å². The van der Waals surface area contributed by atoms with E-state index in [1.807, 2.05) is 4.90 Å². The van der Waals surface area contributed by atoms with Gasteiger partial charge in [-0.15, -0.1) is 0 Å². The van der Waals surface area contributed by atoms with Crippen molar-refractivity contribution >= 4 is 23.8 Å². The quantitative estimate of drug-likeness (QED) is 0.578. The third kappa shape index (κ3) is 4.47. The van der Waals surface area contributed by atoms with Crippen molar-refractivity contribution in [3.8, 4) is 0 Å². The maximum absolute atomic E-state index is 13.4. The molecule has 31 heavy (non-hydrogen) atoms. The second-order valence-corrected chi connectivity index (χ2v) is 7.19. The topological polar surface area (TPSA) is 100 Å². The van der Waals surface area contributed by atoms with Crippen molar-refractivity contribution in [2.75, 3.05) is 37.7 Å². The van der Waals surface area contributed by atoms with Gasteiger partial charge in [0.15, 0.2) is 5.92 Å². The molecular weight excluding hydrogens is 403 g/mol. The number of piperazine rings is 1. The van der Waals surface area contributed by atoms with E-state index in [1.54, 1.807) is 25.4 Å². The SMILES string of the molecule is CCOC(=O)C1C(=O)NC(N2CCN(c3ncccn3)CC2)=NC1c1ccc(F)cc1. The number of rotatable bonds is 4. The van der Waals surface area contributed by atoms with Crippen molar-refractivity contribution in [1.82, 2.24) is 20.2 Å². The van der Waals surface area contributed by atoms with Crippen LogP contribution in [0.25, 0.3) is 0 Å². The molecule has 1 saturated heterocycles. The number of aromatic nitrogens is 2. The molecule has 0 spiro atoms. The van der Waals surface area contributed by atoms with Crippen LogP contribution in [0.1, 0.15) is 18.5 Å². The standard InChI is InChI=1S/C21H23FN6O3/c1-2-31-19(30)16-17(14-4-6-15(22)7-5-14)25-21(26-18(16)29)28-12-10-27(11-13-28)20-23-8-3-9-24-20/h3-9,16-17H,2,10-13H2,1H3,(H,25,26,29). The van der Waals surface area contributed by atoms with Gasteiger partial charge in [-0.2, -0.15) is 0 Å². The number of halogens is 1. The highest BCUT2D eigenvalue weighted by atomic mass is 19.1. The predicted molar refractivity (Wildman–Crippen MR) is 111 cm³/mol. The molecule has 1 fully saturated rings. The summed E-state index contributed by atoms with van der Waals surface area (Å²) in [4.78, 5) is 42.6. The number of esters is 1. The number of hydrogen-bond acceptors (Lipinski definition) is 8. The van der Waals surface area contributed by atoms with Crippen molar-refractivity contribution in [2.45, 2.75) is 13.0 Å². The zero-order valence-electron chi connectivity index (χ0n) is 17.1. The molecule has 0 saturated carbocycles. The maximum Gasteiger partial charge on any atom is 0.321 e. The molecule has 3 heterocycles. The molecule has 10 heteroatoms. The molecule has 1 aromatic heterocycles. The highest BCUT2D eigenvalue weighted by Gasteiger charge is 2.42. The summed E-state index contributed by atoms with van der Waals surface area (Å²) in [6.45, 7) is 4.33. The zero-order valence-corrected chi connectivity index (χ0v) is 17.1. The van der Waals surface area contributed by atoms with Crippen LogP contribution in [-0.2, 0) is 14.3 Å². The highest BCUT2D eigenvalue weighted by molar-refractivity contribution is 6.08. The number of aliphatic imine (C=N–C) groups is 1. The van der Waals surface area contributed by atoms with E-state index in [0.717, 1.165) is 0 Å². The molecule has 1 amide bonds. The van der Waals surface area contributed by atoms with E-state index in [1.165, 1.54) is 24.3 Å².